The van der Waals surface area contributed by atoms with Crippen LogP contribution in [0.15, 0.2) is 24.7 Å². The van der Waals surface area contributed by atoms with Crippen LogP contribution in [-0.4, -0.2) is 25.3 Å². The molecule has 3 aromatic rings. The Bertz CT molecular complexity index is 936. The lowest BCUT2D eigenvalue weighted by Gasteiger charge is -2.21. The largest absolute Gasteiger partial charge is 0.392 e. The third-order valence-electron chi connectivity index (χ3n) is 5.30. The van der Waals surface area contributed by atoms with Gasteiger partial charge in [-0.05, 0) is 43.9 Å². The number of hydrogen-bond acceptors (Lipinski definition) is 3. The summed E-state index contributed by atoms with van der Waals surface area (Å²) in [5, 5.41) is 9.63. The number of nitrogens with one attached hydrogen (secondary N) is 1. The average molecular weight is 323 g/mol. The maximum Gasteiger partial charge on any atom is 0.183 e. The van der Waals surface area contributed by atoms with Crippen LogP contribution in [0, 0.1) is 19.8 Å². The first-order valence-electron chi connectivity index (χ1n) is 8.37. The monoisotopic (exact) mass is 323 g/mol. The number of carbonyl (C=O) groups excluding carboxylic acids is 1. The fourth-order valence-electron chi connectivity index (χ4n) is 3.99. The molecule has 1 atom stereocenters. The number of nitrogens with zero attached hydrogens (tertiary/aromatic N) is 2. The maximum atomic E-state index is 13.2. The van der Waals surface area contributed by atoms with E-state index in [0.29, 0.717) is 6.42 Å². The van der Waals surface area contributed by atoms with E-state index >= 15 is 0 Å². The van der Waals surface area contributed by atoms with Gasteiger partial charge in [0.25, 0.3) is 0 Å². The van der Waals surface area contributed by atoms with Gasteiger partial charge in [0.05, 0.1) is 29.8 Å². The summed E-state index contributed by atoms with van der Waals surface area (Å²) in [6.07, 6.45) is 6.05. The Hall–Kier alpha value is -2.40. The summed E-state index contributed by atoms with van der Waals surface area (Å²) < 4.78 is 1.97. The molecule has 5 heteroatoms. The fourth-order valence-corrected chi connectivity index (χ4v) is 3.99. The Morgan fingerprint density at radius 3 is 2.96 bits per heavy atom. The van der Waals surface area contributed by atoms with Gasteiger partial charge >= 0.3 is 0 Å². The van der Waals surface area contributed by atoms with Crippen molar-refractivity contribution in [3.63, 3.8) is 0 Å². The second-order valence-corrected chi connectivity index (χ2v) is 6.64. The molecule has 5 nitrogen and oxygen atoms in total. The number of rotatable bonds is 3. The number of Topliss-reactive ketones (excluding diaryl/α,β-unsaturated/α-hetero) is 1. The number of aliphatic hydroxyl groups is 1. The molecule has 3 heterocycles. The van der Waals surface area contributed by atoms with E-state index < -0.39 is 0 Å². The molecule has 0 saturated carbocycles. The van der Waals surface area contributed by atoms with Crippen molar-refractivity contribution >= 4 is 11.3 Å². The Morgan fingerprint density at radius 2 is 2.25 bits per heavy atom. The molecule has 24 heavy (non-hydrogen) atoms. The second kappa shape index (κ2) is 5.60. The van der Waals surface area contributed by atoms with Gasteiger partial charge in [-0.15, -0.1) is 0 Å². The van der Waals surface area contributed by atoms with E-state index in [9.17, 15) is 9.90 Å². The first-order valence-corrected chi connectivity index (χ1v) is 8.37. The molecule has 0 aromatic carbocycles. The van der Waals surface area contributed by atoms with Gasteiger partial charge in [-0.25, -0.2) is 4.98 Å². The van der Waals surface area contributed by atoms with Crippen molar-refractivity contribution < 1.29 is 9.90 Å². The minimum atomic E-state index is -0.0326. The topological polar surface area (TPSA) is 70.4 Å². The zero-order valence-electron chi connectivity index (χ0n) is 14.0. The van der Waals surface area contributed by atoms with Crippen molar-refractivity contribution in [2.75, 3.05) is 0 Å². The van der Waals surface area contributed by atoms with Crippen LogP contribution in [0.5, 0.6) is 0 Å². The maximum absolute atomic E-state index is 13.2. The highest BCUT2D eigenvalue weighted by Crippen LogP contribution is 2.34. The molecule has 0 aliphatic heterocycles. The average Bonchev–Trinajstić information content (AvgIpc) is 3.12. The first kappa shape index (κ1) is 15.1. The van der Waals surface area contributed by atoms with E-state index in [4.69, 9.17) is 0 Å². The minimum Gasteiger partial charge on any atom is -0.392 e. The minimum absolute atomic E-state index is 0.0157. The highest BCUT2D eigenvalue weighted by atomic mass is 16.3. The molecule has 2 N–H and O–H groups in total. The van der Waals surface area contributed by atoms with Crippen molar-refractivity contribution in [1.29, 1.82) is 0 Å². The molecule has 0 fully saturated rings. The number of imidazole rings is 1. The van der Waals surface area contributed by atoms with Gasteiger partial charge in [-0.1, -0.05) is 6.07 Å². The van der Waals surface area contributed by atoms with Crippen LogP contribution in [0.3, 0.4) is 0 Å². The molecule has 1 aliphatic rings. The van der Waals surface area contributed by atoms with E-state index in [1.807, 2.05) is 29.7 Å². The molecule has 1 unspecified atom stereocenters. The summed E-state index contributed by atoms with van der Waals surface area (Å²) in [6.45, 7) is 4.03. The second-order valence-electron chi connectivity index (χ2n) is 6.64. The Labute approximate surface area is 140 Å². The zero-order chi connectivity index (χ0) is 16.8. The van der Waals surface area contributed by atoms with Gasteiger partial charge < -0.3 is 14.5 Å². The van der Waals surface area contributed by atoms with Gasteiger partial charge in [0.1, 0.15) is 0 Å². The van der Waals surface area contributed by atoms with E-state index in [1.165, 1.54) is 0 Å². The van der Waals surface area contributed by atoms with Crippen molar-refractivity contribution in [2.45, 2.75) is 39.7 Å². The number of carbonyl (C=O) groups is 1. The number of aryl methyl sites for hydroxylation is 2. The van der Waals surface area contributed by atoms with Crippen molar-refractivity contribution in [1.82, 2.24) is 14.4 Å². The smallest absolute Gasteiger partial charge is 0.183 e. The first-order chi connectivity index (χ1) is 11.6. The van der Waals surface area contributed by atoms with Gasteiger partial charge in [0.2, 0.25) is 0 Å². The Morgan fingerprint density at radius 1 is 1.42 bits per heavy atom. The molecule has 3 aromatic heterocycles. The normalized spacial score (nSPS) is 17.5. The predicted octanol–water partition coefficient (Wildman–Crippen LogP) is 2.76. The van der Waals surface area contributed by atoms with Gasteiger partial charge in [-0.3, -0.25) is 4.79 Å². The van der Waals surface area contributed by atoms with Crippen LogP contribution in [0.4, 0.5) is 0 Å². The zero-order valence-corrected chi connectivity index (χ0v) is 14.0. The number of ketones is 1. The van der Waals surface area contributed by atoms with Gasteiger partial charge in [-0.2, -0.15) is 0 Å². The summed E-state index contributed by atoms with van der Waals surface area (Å²) >= 11 is 0. The Kier molecular flexibility index (Phi) is 3.53. The predicted molar refractivity (Wildman–Crippen MR) is 91.2 cm³/mol. The molecule has 0 bridgehead atoms. The third kappa shape index (κ3) is 2.12. The van der Waals surface area contributed by atoms with Crippen molar-refractivity contribution in [2.24, 2.45) is 5.92 Å². The molecule has 1 aliphatic carbocycles. The number of hydrogen-bond donors (Lipinski definition) is 2. The number of fused-ring (bicyclic) bond motifs is 3. The quantitative estimate of drug-likeness (QED) is 0.778. The highest BCUT2D eigenvalue weighted by molar-refractivity contribution is 6.01. The molecule has 4 rings (SSSR count). The number of H-pyrrole nitrogens is 1. The van der Waals surface area contributed by atoms with E-state index in [0.717, 1.165) is 52.1 Å². The number of aliphatic hydroxyl groups excluding tert-OH is 1. The summed E-state index contributed by atoms with van der Waals surface area (Å²) in [6, 6.07) is 3.82. The lowest BCUT2D eigenvalue weighted by molar-refractivity contribution is 0.0894. The van der Waals surface area contributed by atoms with Crippen LogP contribution in [0.2, 0.25) is 0 Å². The summed E-state index contributed by atoms with van der Waals surface area (Å²) in [7, 11) is 0. The van der Waals surface area contributed by atoms with Gasteiger partial charge in [0.15, 0.2) is 5.78 Å². The van der Waals surface area contributed by atoms with E-state index in [2.05, 4.69) is 16.9 Å². The molecule has 0 saturated heterocycles. The molecule has 0 spiro atoms. The summed E-state index contributed by atoms with van der Waals surface area (Å²) in [5.74, 6) is 0.159. The standard InChI is InChI=1S/C19H21N3O2/c1-11-15-6-5-13(8-16-12(2)20-10-21-16)19(24)18(15)22-7-3-4-14(9-23)17(11)22/h3-4,7,10,13,23H,5-6,8-9H2,1-2H3,(H,20,21). The van der Waals surface area contributed by atoms with Gasteiger partial charge in [0, 0.05) is 29.8 Å². The SMILES string of the molecule is Cc1[nH]cnc1CC1CCc2c(C)c3c(CO)cccn3c2C1=O. The number of aromatic nitrogens is 3. The Balaban J connectivity index is 1.80. The van der Waals surface area contributed by atoms with Crippen LogP contribution in [0.1, 0.15) is 45.0 Å². The van der Waals surface area contributed by atoms with Crippen LogP contribution in [0.25, 0.3) is 5.52 Å². The van der Waals surface area contributed by atoms with E-state index in [1.54, 1.807) is 6.33 Å². The summed E-state index contributed by atoms with van der Waals surface area (Å²) in [4.78, 5) is 20.6. The molecular formula is C19H21N3O2. The number of aromatic amines is 1. The van der Waals surface area contributed by atoms with Crippen LogP contribution < -0.4 is 0 Å². The summed E-state index contributed by atoms with van der Waals surface area (Å²) in [5.41, 5.74) is 6.92. The number of pyridine rings is 1. The van der Waals surface area contributed by atoms with Crippen LogP contribution in [-0.2, 0) is 19.4 Å². The van der Waals surface area contributed by atoms with Crippen LogP contribution >= 0.6 is 0 Å². The van der Waals surface area contributed by atoms with Crippen molar-refractivity contribution in [3.05, 3.63) is 58.4 Å². The molecule has 124 valence electrons. The van der Waals surface area contributed by atoms with E-state index in [-0.39, 0.29) is 18.3 Å². The lowest BCUT2D eigenvalue weighted by Crippen LogP contribution is -2.25. The molecule has 0 amide bonds. The third-order valence-corrected chi connectivity index (χ3v) is 5.30. The molecular weight excluding hydrogens is 302 g/mol. The lowest BCUT2D eigenvalue weighted by atomic mass is 9.82. The molecule has 0 radical (unpaired) electrons. The highest BCUT2D eigenvalue weighted by Gasteiger charge is 2.33. The van der Waals surface area contributed by atoms with Crippen molar-refractivity contribution in [3.8, 4) is 0 Å². The fraction of sp³-hybridized carbons (Fsp3) is 0.368.